The first-order chi connectivity index (χ1) is 14.3. The fourth-order valence-electron chi connectivity index (χ4n) is 4.42. The van der Waals surface area contributed by atoms with Crippen LogP contribution in [0.2, 0.25) is 0 Å². The van der Waals surface area contributed by atoms with E-state index in [0.717, 1.165) is 36.1 Å². The molecular formula is C22H28N4O4. The van der Waals surface area contributed by atoms with Crippen molar-refractivity contribution in [2.45, 2.75) is 63.6 Å². The van der Waals surface area contributed by atoms with Gasteiger partial charge in [-0.05, 0) is 62.1 Å². The molecule has 1 heterocycles. The molecule has 5 amide bonds. The number of benzene rings is 1. The number of urea groups is 1. The van der Waals surface area contributed by atoms with Crippen LogP contribution in [0.3, 0.4) is 0 Å². The molecule has 0 aromatic heterocycles. The largest absolute Gasteiger partial charge is 0.366 e. The lowest BCUT2D eigenvalue weighted by Gasteiger charge is -2.33. The molecule has 0 unspecified atom stereocenters. The highest BCUT2D eigenvalue weighted by Crippen LogP contribution is 2.36. The molecule has 0 bridgehead atoms. The molecule has 3 aliphatic rings. The second-order valence-corrected chi connectivity index (χ2v) is 8.90. The number of nitrogens with two attached hydrogens (primary N) is 1. The average Bonchev–Trinajstić information content (AvgIpc) is 3.53. The van der Waals surface area contributed by atoms with Crippen LogP contribution >= 0.6 is 0 Å². The van der Waals surface area contributed by atoms with E-state index in [1.54, 1.807) is 29.2 Å². The van der Waals surface area contributed by atoms with Crippen molar-refractivity contribution in [3.05, 3.63) is 35.4 Å². The topological polar surface area (TPSA) is 113 Å². The summed E-state index contributed by atoms with van der Waals surface area (Å²) in [5.74, 6) is -0.459. The van der Waals surface area contributed by atoms with Gasteiger partial charge in [-0.1, -0.05) is 19.1 Å². The maximum atomic E-state index is 13.1. The summed E-state index contributed by atoms with van der Waals surface area (Å²) in [6.45, 7) is 2.28. The Morgan fingerprint density at radius 2 is 1.77 bits per heavy atom. The Balaban J connectivity index is 1.44. The van der Waals surface area contributed by atoms with Gasteiger partial charge in [-0.3, -0.25) is 19.3 Å². The summed E-state index contributed by atoms with van der Waals surface area (Å²) in [6, 6.07) is 6.48. The average molecular weight is 412 g/mol. The molecule has 2 aliphatic carbocycles. The molecule has 0 radical (unpaired) electrons. The monoisotopic (exact) mass is 412 g/mol. The zero-order valence-corrected chi connectivity index (χ0v) is 17.2. The van der Waals surface area contributed by atoms with Gasteiger partial charge in [-0.2, -0.15) is 0 Å². The second kappa shape index (κ2) is 7.74. The van der Waals surface area contributed by atoms with Gasteiger partial charge < -0.3 is 16.0 Å². The van der Waals surface area contributed by atoms with Gasteiger partial charge >= 0.3 is 6.03 Å². The first-order valence-corrected chi connectivity index (χ1v) is 10.6. The Bertz CT molecular complexity index is 870. The maximum absolute atomic E-state index is 13.1. The second-order valence-electron chi connectivity index (χ2n) is 8.90. The van der Waals surface area contributed by atoms with Crippen LogP contribution in [0.25, 0.3) is 0 Å². The van der Waals surface area contributed by atoms with Crippen molar-refractivity contribution < 1.29 is 19.2 Å². The molecule has 1 saturated heterocycles. The molecule has 3 fully saturated rings. The number of nitrogens with zero attached hydrogens (tertiary/aromatic N) is 2. The Kier molecular flexibility index (Phi) is 5.26. The van der Waals surface area contributed by atoms with Crippen LogP contribution < -0.4 is 11.1 Å². The first kappa shape index (κ1) is 20.4. The van der Waals surface area contributed by atoms with E-state index in [-0.39, 0.29) is 24.4 Å². The van der Waals surface area contributed by atoms with E-state index in [1.165, 1.54) is 0 Å². The highest BCUT2D eigenvalue weighted by Gasteiger charge is 2.52. The minimum atomic E-state index is -0.834. The molecule has 160 valence electrons. The van der Waals surface area contributed by atoms with Gasteiger partial charge in [-0.25, -0.2) is 4.79 Å². The van der Waals surface area contributed by atoms with E-state index in [4.69, 9.17) is 5.73 Å². The van der Waals surface area contributed by atoms with Gasteiger partial charge in [0.05, 0.1) is 0 Å². The summed E-state index contributed by atoms with van der Waals surface area (Å²) in [5.41, 5.74) is 5.72. The predicted molar refractivity (Wildman–Crippen MR) is 109 cm³/mol. The van der Waals surface area contributed by atoms with Crippen LogP contribution in [0.5, 0.6) is 0 Å². The van der Waals surface area contributed by atoms with Gasteiger partial charge in [0.25, 0.3) is 5.91 Å². The molecule has 8 heteroatoms. The number of carbonyl (C=O) groups is 4. The SMILES string of the molecule is CC1CCC2(CC1)NC(=O)N(CC(=O)N(Cc1ccc(C(N)=O)cc1)C1CC1)C2=O. The molecule has 3 N–H and O–H groups in total. The molecular weight excluding hydrogens is 384 g/mol. The minimum Gasteiger partial charge on any atom is -0.366 e. The zero-order valence-electron chi connectivity index (χ0n) is 17.2. The smallest absolute Gasteiger partial charge is 0.325 e. The van der Waals surface area contributed by atoms with E-state index in [2.05, 4.69) is 12.2 Å². The lowest BCUT2D eigenvalue weighted by molar-refractivity contribution is -0.140. The fourth-order valence-corrected chi connectivity index (χ4v) is 4.42. The molecule has 1 spiro atoms. The van der Waals surface area contributed by atoms with Crippen LogP contribution in [-0.4, -0.2) is 51.7 Å². The lowest BCUT2D eigenvalue weighted by Crippen LogP contribution is -2.50. The Morgan fingerprint density at radius 1 is 1.13 bits per heavy atom. The summed E-state index contributed by atoms with van der Waals surface area (Å²) >= 11 is 0. The van der Waals surface area contributed by atoms with Crippen molar-refractivity contribution >= 4 is 23.8 Å². The number of hydrogen-bond donors (Lipinski definition) is 2. The number of carbonyl (C=O) groups excluding carboxylic acids is 4. The van der Waals surface area contributed by atoms with Gasteiger partial charge in [0.15, 0.2) is 0 Å². The number of nitrogens with one attached hydrogen (secondary N) is 1. The molecule has 8 nitrogen and oxygen atoms in total. The molecule has 4 rings (SSSR count). The van der Waals surface area contributed by atoms with Crippen molar-refractivity contribution in [2.75, 3.05) is 6.54 Å². The van der Waals surface area contributed by atoms with E-state index in [9.17, 15) is 19.2 Å². The maximum Gasteiger partial charge on any atom is 0.325 e. The Morgan fingerprint density at radius 3 is 2.33 bits per heavy atom. The highest BCUT2D eigenvalue weighted by atomic mass is 16.2. The number of primary amides is 1. The summed E-state index contributed by atoms with van der Waals surface area (Å²) < 4.78 is 0. The quantitative estimate of drug-likeness (QED) is 0.694. The first-order valence-electron chi connectivity index (χ1n) is 10.6. The summed E-state index contributed by atoms with van der Waals surface area (Å²) in [7, 11) is 0. The van der Waals surface area contributed by atoms with Gasteiger partial charge in [0, 0.05) is 18.2 Å². The normalized spacial score (nSPS) is 26.0. The number of imide groups is 1. The summed E-state index contributed by atoms with van der Waals surface area (Å²) in [6.07, 6.45) is 4.86. The molecule has 0 atom stereocenters. The van der Waals surface area contributed by atoms with Crippen molar-refractivity contribution in [2.24, 2.45) is 11.7 Å². The van der Waals surface area contributed by atoms with Gasteiger partial charge in [0.1, 0.15) is 12.1 Å². The number of hydrogen-bond acceptors (Lipinski definition) is 4. The minimum absolute atomic E-state index is 0.124. The van der Waals surface area contributed by atoms with E-state index < -0.39 is 17.5 Å². The van der Waals surface area contributed by atoms with Crippen LogP contribution in [0.1, 0.15) is 61.4 Å². The van der Waals surface area contributed by atoms with E-state index in [0.29, 0.717) is 30.9 Å². The lowest BCUT2D eigenvalue weighted by atomic mass is 9.77. The van der Waals surface area contributed by atoms with Gasteiger partial charge in [-0.15, -0.1) is 0 Å². The fraction of sp³-hybridized carbons (Fsp3) is 0.545. The summed E-state index contributed by atoms with van der Waals surface area (Å²) in [4.78, 5) is 52.7. The number of rotatable bonds is 6. The molecule has 1 aromatic carbocycles. The van der Waals surface area contributed by atoms with Crippen molar-refractivity contribution in [1.82, 2.24) is 15.1 Å². The summed E-state index contributed by atoms with van der Waals surface area (Å²) in [5, 5.41) is 2.87. The van der Waals surface area contributed by atoms with Crippen molar-refractivity contribution in [3.8, 4) is 0 Å². The van der Waals surface area contributed by atoms with Crippen LogP contribution in [-0.2, 0) is 16.1 Å². The number of amides is 5. The van der Waals surface area contributed by atoms with Crippen LogP contribution in [0, 0.1) is 5.92 Å². The van der Waals surface area contributed by atoms with Crippen LogP contribution in [0.15, 0.2) is 24.3 Å². The third-order valence-electron chi connectivity index (χ3n) is 6.57. The van der Waals surface area contributed by atoms with E-state index in [1.807, 2.05) is 0 Å². The van der Waals surface area contributed by atoms with E-state index >= 15 is 0 Å². The Hall–Kier alpha value is -2.90. The van der Waals surface area contributed by atoms with Gasteiger partial charge in [0.2, 0.25) is 11.8 Å². The Labute approximate surface area is 175 Å². The third-order valence-corrected chi connectivity index (χ3v) is 6.57. The zero-order chi connectivity index (χ0) is 21.5. The third kappa shape index (κ3) is 3.91. The molecule has 1 aliphatic heterocycles. The molecule has 30 heavy (non-hydrogen) atoms. The molecule has 1 aromatic rings. The van der Waals surface area contributed by atoms with Crippen molar-refractivity contribution in [1.29, 1.82) is 0 Å². The van der Waals surface area contributed by atoms with Crippen LogP contribution in [0.4, 0.5) is 4.79 Å². The standard InChI is InChI=1S/C22H28N4O4/c1-14-8-10-22(11-9-14)20(29)26(21(30)24-22)13-18(27)25(17-6-7-17)12-15-2-4-16(5-3-15)19(23)28/h2-5,14,17H,6-13H2,1H3,(H2,23,28)(H,24,30). The van der Waals surface area contributed by atoms with Crippen molar-refractivity contribution in [3.63, 3.8) is 0 Å². The predicted octanol–water partition coefficient (Wildman–Crippen LogP) is 1.78. The molecule has 2 saturated carbocycles. The highest BCUT2D eigenvalue weighted by molar-refractivity contribution is 6.09.